The predicted molar refractivity (Wildman–Crippen MR) is 67.9 cm³/mol. The lowest BCUT2D eigenvalue weighted by atomic mass is 10.1. The second-order valence-electron chi connectivity index (χ2n) is 4.11. The van der Waals surface area contributed by atoms with E-state index in [1.165, 1.54) is 0 Å². The van der Waals surface area contributed by atoms with Gasteiger partial charge in [-0.1, -0.05) is 11.8 Å². The van der Waals surface area contributed by atoms with Gasteiger partial charge in [0.2, 0.25) is 0 Å². The number of thioether (sulfide) groups is 1. The molecule has 116 valence electrons. The summed E-state index contributed by atoms with van der Waals surface area (Å²) in [5, 5.41) is 0.806. The zero-order valence-corrected chi connectivity index (χ0v) is 11.1. The van der Waals surface area contributed by atoms with Crippen LogP contribution in [0.5, 0.6) is 0 Å². The summed E-state index contributed by atoms with van der Waals surface area (Å²) in [5.74, 6) is 6.12. The molecule has 0 spiro atoms. The average molecular weight is 329 g/mol. The second kappa shape index (κ2) is 5.41. The Morgan fingerprint density at radius 3 is 2.24 bits per heavy atom. The summed E-state index contributed by atoms with van der Waals surface area (Å²) in [6.07, 6.45) is -9.82. The Bertz CT molecular complexity index is 566. The highest BCUT2D eigenvalue weighted by Gasteiger charge is 2.39. The average Bonchev–Trinajstić information content (AvgIpc) is 2.89. The molecule has 1 aromatic rings. The standard InChI is InChI=1S/C11H9F6N3S/c12-10(13,14)6-1-2-8(7(5-6)11(15,16)17)20(18)9-19-3-4-21-9/h1-2,5H,3-4,18H2. The highest BCUT2D eigenvalue weighted by Crippen LogP contribution is 2.40. The lowest BCUT2D eigenvalue weighted by Gasteiger charge is -2.23. The summed E-state index contributed by atoms with van der Waals surface area (Å²) in [5.41, 5.74) is -3.40. The van der Waals surface area contributed by atoms with Crippen LogP contribution in [0, 0.1) is 0 Å². The minimum Gasteiger partial charge on any atom is -0.260 e. The third-order valence-corrected chi connectivity index (χ3v) is 3.64. The SMILES string of the molecule is NN(C1=NCCS1)c1ccc(C(F)(F)F)cc1C(F)(F)F. The van der Waals surface area contributed by atoms with Crippen LogP contribution >= 0.6 is 11.8 Å². The summed E-state index contributed by atoms with van der Waals surface area (Å²) in [7, 11) is 0. The van der Waals surface area contributed by atoms with Crippen LogP contribution in [0.1, 0.15) is 11.1 Å². The molecule has 10 heteroatoms. The molecule has 1 aliphatic heterocycles. The van der Waals surface area contributed by atoms with E-state index in [-0.39, 0.29) is 11.2 Å². The number of hydrazine groups is 1. The summed E-state index contributed by atoms with van der Waals surface area (Å²) in [6.45, 7) is 0.398. The Kier molecular flexibility index (Phi) is 4.11. The zero-order chi connectivity index (χ0) is 15.8. The molecule has 1 aliphatic rings. The molecule has 2 rings (SSSR count). The van der Waals surface area contributed by atoms with Crippen molar-refractivity contribution in [1.82, 2.24) is 0 Å². The van der Waals surface area contributed by atoms with Gasteiger partial charge in [0.1, 0.15) is 0 Å². The molecule has 1 aromatic carbocycles. The number of benzene rings is 1. The molecule has 0 radical (unpaired) electrons. The fourth-order valence-corrected chi connectivity index (χ4v) is 2.51. The number of anilines is 1. The molecule has 0 unspecified atom stereocenters. The molecule has 0 amide bonds. The zero-order valence-electron chi connectivity index (χ0n) is 10.3. The first-order valence-electron chi connectivity index (χ1n) is 5.61. The van der Waals surface area contributed by atoms with Gasteiger partial charge >= 0.3 is 12.4 Å². The lowest BCUT2D eigenvalue weighted by molar-refractivity contribution is -0.142. The van der Waals surface area contributed by atoms with E-state index in [0.717, 1.165) is 11.8 Å². The third kappa shape index (κ3) is 3.43. The van der Waals surface area contributed by atoms with Crippen LogP contribution in [0.2, 0.25) is 0 Å². The Balaban J connectivity index is 2.50. The van der Waals surface area contributed by atoms with Crippen LogP contribution in [-0.4, -0.2) is 17.5 Å². The van der Waals surface area contributed by atoms with Crippen LogP contribution in [0.25, 0.3) is 0 Å². The van der Waals surface area contributed by atoms with Crippen LogP contribution < -0.4 is 10.9 Å². The van der Waals surface area contributed by atoms with E-state index in [1.54, 1.807) is 0 Å². The first-order chi connectivity index (χ1) is 9.60. The van der Waals surface area contributed by atoms with Gasteiger partial charge in [0, 0.05) is 5.75 Å². The normalized spacial score (nSPS) is 16.0. The van der Waals surface area contributed by atoms with E-state index >= 15 is 0 Å². The summed E-state index contributed by atoms with van der Waals surface area (Å²) in [4.78, 5) is 3.90. The van der Waals surface area contributed by atoms with Gasteiger partial charge in [-0.2, -0.15) is 26.3 Å². The molecule has 0 atom stereocenters. The van der Waals surface area contributed by atoms with Gasteiger partial charge in [0.25, 0.3) is 0 Å². The smallest absolute Gasteiger partial charge is 0.260 e. The summed E-state index contributed by atoms with van der Waals surface area (Å²) >= 11 is 1.14. The molecule has 1 heterocycles. The maximum absolute atomic E-state index is 13.0. The van der Waals surface area contributed by atoms with Crippen molar-refractivity contribution in [3.05, 3.63) is 29.3 Å². The van der Waals surface area contributed by atoms with Crippen LogP contribution in [0.3, 0.4) is 0 Å². The number of rotatable bonds is 1. The molecule has 0 saturated carbocycles. The molecule has 21 heavy (non-hydrogen) atoms. The largest absolute Gasteiger partial charge is 0.418 e. The molecule has 0 aromatic heterocycles. The van der Waals surface area contributed by atoms with Crippen molar-refractivity contribution in [1.29, 1.82) is 0 Å². The number of aliphatic imine (C=N–C) groups is 1. The molecule has 0 bridgehead atoms. The van der Waals surface area contributed by atoms with Crippen molar-refractivity contribution in [3.8, 4) is 0 Å². The van der Waals surface area contributed by atoms with Crippen LogP contribution in [0.4, 0.5) is 32.0 Å². The Hall–Kier alpha value is -1.42. The van der Waals surface area contributed by atoms with Crippen molar-refractivity contribution in [2.45, 2.75) is 12.4 Å². The van der Waals surface area contributed by atoms with Crippen molar-refractivity contribution in [2.24, 2.45) is 10.8 Å². The fourth-order valence-electron chi connectivity index (χ4n) is 1.72. The first kappa shape index (κ1) is 16.0. The molecule has 3 nitrogen and oxygen atoms in total. The van der Waals surface area contributed by atoms with E-state index < -0.39 is 29.2 Å². The van der Waals surface area contributed by atoms with E-state index in [9.17, 15) is 26.3 Å². The number of halogens is 6. The number of amidine groups is 1. The van der Waals surface area contributed by atoms with E-state index in [2.05, 4.69) is 4.99 Å². The number of nitrogens with two attached hydrogens (primary N) is 1. The Labute approximate surface area is 119 Å². The van der Waals surface area contributed by atoms with Crippen molar-refractivity contribution >= 4 is 22.6 Å². The maximum atomic E-state index is 13.0. The fraction of sp³-hybridized carbons (Fsp3) is 0.364. The van der Waals surface area contributed by atoms with Gasteiger partial charge < -0.3 is 0 Å². The number of nitrogens with zero attached hydrogens (tertiary/aromatic N) is 2. The van der Waals surface area contributed by atoms with E-state index in [1.807, 2.05) is 0 Å². The molecule has 0 fully saturated rings. The first-order valence-corrected chi connectivity index (χ1v) is 6.60. The Morgan fingerprint density at radius 1 is 1.10 bits per heavy atom. The van der Waals surface area contributed by atoms with Crippen molar-refractivity contribution in [2.75, 3.05) is 17.3 Å². The Morgan fingerprint density at radius 2 is 1.76 bits per heavy atom. The molecular weight excluding hydrogens is 320 g/mol. The molecule has 2 N–H and O–H groups in total. The number of alkyl halides is 6. The molecular formula is C11H9F6N3S. The minimum atomic E-state index is -4.96. The van der Waals surface area contributed by atoms with E-state index in [4.69, 9.17) is 5.84 Å². The highest BCUT2D eigenvalue weighted by atomic mass is 32.2. The van der Waals surface area contributed by atoms with Gasteiger partial charge in [-0.3, -0.25) is 10.0 Å². The predicted octanol–water partition coefficient (Wildman–Crippen LogP) is 3.51. The van der Waals surface area contributed by atoms with Crippen LogP contribution in [-0.2, 0) is 12.4 Å². The maximum Gasteiger partial charge on any atom is 0.418 e. The molecule has 0 saturated heterocycles. The summed E-state index contributed by atoms with van der Waals surface area (Å²) < 4.78 is 76.6. The second-order valence-corrected chi connectivity index (χ2v) is 5.17. The third-order valence-electron chi connectivity index (χ3n) is 2.66. The highest BCUT2D eigenvalue weighted by molar-refractivity contribution is 8.14. The van der Waals surface area contributed by atoms with Gasteiger partial charge in [-0.05, 0) is 18.2 Å². The van der Waals surface area contributed by atoms with Gasteiger partial charge in [-0.15, -0.1) is 0 Å². The van der Waals surface area contributed by atoms with Gasteiger partial charge in [-0.25, -0.2) is 5.84 Å². The topological polar surface area (TPSA) is 41.6 Å². The quantitative estimate of drug-likeness (QED) is 0.487. The minimum absolute atomic E-state index is 0.0510. The van der Waals surface area contributed by atoms with Gasteiger partial charge in [0.05, 0.1) is 23.4 Å². The lowest BCUT2D eigenvalue weighted by Crippen LogP contribution is -2.36. The summed E-state index contributed by atoms with van der Waals surface area (Å²) in [6, 6.07) is 1.31. The van der Waals surface area contributed by atoms with Crippen molar-refractivity contribution < 1.29 is 26.3 Å². The van der Waals surface area contributed by atoms with Gasteiger partial charge in [0.15, 0.2) is 5.17 Å². The van der Waals surface area contributed by atoms with Crippen molar-refractivity contribution in [3.63, 3.8) is 0 Å². The molecule has 0 aliphatic carbocycles. The monoisotopic (exact) mass is 329 g/mol. The van der Waals surface area contributed by atoms with Crippen LogP contribution in [0.15, 0.2) is 23.2 Å². The number of hydrogen-bond donors (Lipinski definition) is 1. The number of hydrogen-bond acceptors (Lipinski definition) is 4. The van der Waals surface area contributed by atoms with E-state index in [0.29, 0.717) is 29.4 Å².